The molecule has 0 radical (unpaired) electrons. The maximum atomic E-state index is 13.6. The zero-order chi connectivity index (χ0) is 16.8. The molecule has 0 atom stereocenters. The van der Waals surface area contributed by atoms with E-state index in [0.29, 0.717) is 5.56 Å². The predicted octanol–water partition coefficient (Wildman–Crippen LogP) is 4.73. The number of anilines is 1. The molecular formula is C16H11ClF3NO2. The maximum Gasteiger partial charge on any atom is 0.387 e. The number of rotatable bonds is 5. The highest BCUT2D eigenvalue weighted by Gasteiger charge is 2.07. The van der Waals surface area contributed by atoms with Crippen molar-refractivity contribution < 1.29 is 22.7 Å². The Balaban J connectivity index is 1.99. The first kappa shape index (κ1) is 16.9. The van der Waals surface area contributed by atoms with Gasteiger partial charge in [0.05, 0.1) is 10.7 Å². The van der Waals surface area contributed by atoms with Crippen molar-refractivity contribution >= 4 is 29.3 Å². The van der Waals surface area contributed by atoms with Crippen molar-refractivity contribution in [3.8, 4) is 5.75 Å². The monoisotopic (exact) mass is 341 g/mol. The molecule has 0 saturated carbocycles. The van der Waals surface area contributed by atoms with E-state index in [1.807, 2.05) is 0 Å². The van der Waals surface area contributed by atoms with Crippen molar-refractivity contribution in [2.24, 2.45) is 0 Å². The van der Waals surface area contributed by atoms with E-state index in [4.69, 9.17) is 11.6 Å². The van der Waals surface area contributed by atoms with Crippen LogP contribution in [0.3, 0.4) is 0 Å². The van der Waals surface area contributed by atoms with Gasteiger partial charge in [0.15, 0.2) is 5.82 Å². The fourth-order valence-electron chi connectivity index (χ4n) is 1.71. The van der Waals surface area contributed by atoms with Crippen molar-refractivity contribution in [1.29, 1.82) is 0 Å². The van der Waals surface area contributed by atoms with Crippen molar-refractivity contribution in [2.75, 3.05) is 5.32 Å². The molecule has 2 aromatic carbocycles. The molecule has 0 bridgehead atoms. The molecule has 23 heavy (non-hydrogen) atoms. The Morgan fingerprint density at radius 3 is 2.52 bits per heavy atom. The Hall–Kier alpha value is -2.47. The summed E-state index contributed by atoms with van der Waals surface area (Å²) >= 11 is 5.61. The fraction of sp³-hybridized carbons (Fsp3) is 0.0625. The molecule has 2 rings (SSSR count). The van der Waals surface area contributed by atoms with E-state index in [1.54, 1.807) is 0 Å². The first-order valence-electron chi connectivity index (χ1n) is 6.43. The van der Waals surface area contributed by atoms with Crippen molar-refractivity contribution in [1.82, 2.24) is 0 Å². The Morgan fingerprint density at radius 2 is 1.87 bits per heavy atom. The summed E-state index contributed by atoms with van der Waals surface area (Å²) in [6, 6.07) is 9.95. The maximum absolute atomic E-state index is 13.6. The minimum absolute atomic E-state index is 0.0163. The third-order valence-corrected chi connectivity index (χ3v) is 3.03. The average molecular weight is 342 g/mol. The van der Waals surface area contributed by atoms with Crippen LogP contribution >= 0.6 is 11.6 Å². The number of halogens is 4. The Labute approximate surface area is 135 Å². The second-order valence-electron chi connectivity index (χ2n) is 4.37. The number of amides is 1. The smallest absolute Gasteiger partial charge is 0.387 e. The molecule has 120 valence electrons. The number of carbonyl (C=O) groups excluding carboxylic acids is 1. The van der Waals surface area contributed by atoms with Gasteiger partial charge in [0, 0.05) is 6.08 Å². The third kappa shape index (κ3) is 5.03. The molecule has 0 unspecified atom stereocenters. The van der Waals surface area contributed by atoms with Gasteiger partial charge >= 0.3 is 6.61 Å². The lowest BCUT2D eigenvalue weighted by Crippen LogP contribution is -2.09. The van der Waals surface area contributed by atoms with E-state index >= 15 is 0 Å². The van der Waals surface area contributed by atoms with E-state index in [-0.39, 0.29) is 16.5 Å². The number of alkyl halides is 2. The van der Waals surface area contributed by atoms with Crippen LogP contribution < -0.4 is 10.1 Å². The molecule has 7 heteroatoms. The van der Waals surface area contributed by atoms with Crippen LogP contribution in [0.2, 0.25) is 5.02 Å². The molecule has 0 saturated heterocycles. The zero-order valence-corrected chi connectivity index (χ0v) is 12.4. The third-order valence-electron chi connectivity index (χ3n) is 2.74. The Kier molecular flexibility index (Phi) is 5.65. The summed E-state index contributed by atoms with van der Waals surface area (Å²) in [5, 5.41) is 2.25. The number of carbonyl (C=O) groups is 1. The Morgan fingerprint density at radius 1 is 1.17 bits per heavy atom. The molecule has 0 fully saturated rings. The summed E-state index contributed by atoms with van der Waals surface area (Å²) in [5.74, 6) is -1.26. The highest BCUT2D eigenvalue weighted by molar-refractivity contribution is 6.31. The van der Waals surface area contributed by atoms with E-state index in [1.165, 1.54) is 54.6 Å². The van der Waals surface area contributed by atoms with Gasteiger partial charge in [-0.2, -0.15) is 8.78 Å². The van der Waals surface area contributed by atoms with Crippen LogP contribution in [-0.2, 0) is 4.79 Å². The molecule has 0 aromatic heterocycles. The number of benzene rings is 2. The van der Waals surface area contributed by atoms with E-state index < -0.39 is 18.3 Å². The van der Waals surface area contributed by atoms with Crippen LogP contribution in [0.5, 0.6) is 5.75 Å². The summed E-state index contributed by atoms with van der Waals surface area (Å²) in [6.07, 6.45) is 2.63. The number of ether oxygens (including phenoxy) is 1. The molecule has 3 nitrogen and oxygen atoms in total. The van der Waals surface area contributed by atoms with Crippen LogP contribution in [0.25, 0.3) is 6.08 Å². The second-order valence-corrected chi connectivity index (χ2v) is 4.78. The number of hydrogen-bond acceptors (Lipinski definition) is 2. The van der Waals surface area contributed by atoms with Crippen molar-refractivity contribution in [2.45, 2.75) is 6.61 Å². The number of nitrogens with one attached hydrogen (secondary N) is 1. The van der Waals surface area contributed by atoms with Gasteiger partial charge in [-0.05, 0) is 35.9 Å². The van der Waals surface area contributed by atoms with E-state index in [2.05, 4.69) is 10.1 Å². The summed E-state index contributed by atoms with van der Waals surface area (Å²) < 4.78 is 41.9. The molecule has 1 N–H and O–H groups in total. The lowest BCUT2D eigenvalue weighted by atomic mass is 10.2. The molecule has 0 aliphatic rings. The van der Waals surface area contributed by atoms with Gasteiger partial charge in [-0.25, -0.2) is 4.39 Å². The fourth-order valence-corrected chi connectivity index (χ4v) is 1.88. The molecule has 0 heterocycles. The summed E-state index contributed by atoms with van der Waals surface area (Å²) in [4.78, 5) is 11.7. The second kappa shape index (κ2) is 7.69. The number of hydrogen-bond donors (Lipinski definition) is 1. The summed E-state index contributed by atoms with van der Waals surface area (Å²) in [7, 11) is 0. The summed E-state index contributed by atoms with van der Waals surface area (Å²) in [6.45, 7) is -2.89. The largest absolute Gasteiger partial charge is 0.435 e. The van der Waals surface area contributed by atoms with E-state index in [0.717, 1.165) is 0 Å². The lowest BCUT2D eigenvalue weighted by molar-refractivity contribution is -0.111. The van der Waals surface area contributed by atoms with Gasteiger partial charge in [-0.15, -0.1) is 0 Å². The van der Waals surface area contributed by atoms with Crippen LogP contribution in [0.4, 0.5) is 18.9 Å². The SMILES string of the molecule is O=C(/C=C/c1ccc(OC(F)F)cc1)Nc1cccc(Cl)c1F. The van der Waals surface area contributed by atoms with Gasteiger partial charge in [-0.3, -0.25) is 4.79 Å². The normalized spacial score (nSPS) is 11.0. The lowest BCUT2D eigenvalue weighted by Gasteiger charge is -2.05. The first-order valence-corrected chi connectivity index (χ1v) is 6.81. The molecular weight excluding hydrogens is 331 g/mol. The van der Waals surface area contributed by atoms with Crippen molar-refractivity contribution in [3.63, 3.8) is 0 Å². The zero-order valence-electron chi connectivity index (χ0n) is 11.6. The average Bonchev–Trinajstić information content (AvgIpc) is 2.51. The van der Waals surface area contributed by atoms with Crippen LogP contribution in [0.1, 0.15) is 5.56 Å². The van der Waals surface area contributed by atoms with Crippen molar-refractivity contribution in [3.05, 3.63) is 64.9 Å². The molecule has 0 spiro atoms. The molecule has 0 aliphatic carbocycles. The van der Waals surface area contributed by atoms with Gasteiger partial charge < -0.3 is 10.1 Å². The quantitative estimate of drug-likeness (QED) is 0.798. The molecule has 2 aromatic rings. The van der Waals surface area contributed by atoms with Crippen LogP contribution in [-0.4, -0.2) is 12.5 Å². The van der Waals surface area contributed by atoms with Gasteiger partial charge in [0.25, 0.3) is 0 Å². The van der Waals surface area contributed by atoms with Crippen LogP contribution in [0, 0.1) is 5.82 Å². The minimum atomic E-state index is -2.89. The van der Waals surface area contributed by atoms with Gasteiger partial charge in [0.2, 0.25) is 5.91 Å². The minimum Gasteiger partial charge on any atom is -0.435 e. The highest BCUT2D eigenvalue weighted by atomic mass is 35.5. The molecule has 0 aliphatic heterocycles. The first-order chi connectivity index (χ1) is 11.0. The topological polar surface area (TPSA) is 38.3 Å². The summed E-state index contributed by atoms with van der Waals surface area (Å²) in [5.41, 5.74) is 0.557. The van der Waals surface area contributed by atoms with E-state index in [9.17, 15) is 18.0 Å². The highest BCUT2D eigenvalue weighted by Crippen LogP contribution is 2.22. The van der Waals surface area contributed by atoms with Crippen LogP contribution in [0.15, 0.2) is 48.5 Å². The standard InChI is InChI=1S/C16H11ClF3NO2/c17-12-2-1-3-13(15(12)18)21-14(22)9-6-10-4-7-11(8-5-10)23-16(19)20/h1-9,16H,(H,21,22)/b9-6+. The Bertz CT molecular complexity index is 718. The van der Waals surface area contributed by atoms with Gasteiger partial charge in [-0.1, -0.05) is 29.8 Å². The predicted molar refractivity (Wildman–Crippen MR) is 82.1 cm³/mol. The molecule has 1 amide bonds. The van der Waals surface area contributed by atoms with Gasteiger partial charge in [0.1, 0.15) is 5.75 Å².